The average molecular weight is 1240 g/mol. The normalized spacial score (nSPS) is 16.0. The molecule has 0 bridgehead atoms. The van der Waals surface area contributed by atoms with Gasteiger partial charge in [0.15, 0.2) is 5.82 Å². The Morgan fingerprint density at radius 2 is 1.18 bits per heavy atom. The van der Waals surface area contributed by atoms with Crippen molar-refractivity contribution in [1.82, 2.24) is 55.2 Å². The number of benzene rings is 2. The first kappa shape index (κ1) is 70.9. The van der Waals surface area contributed by atoms with Crippen molar-refractivity contribution < 1.29 is 93.1 Å². The summed E-state index contributed by atoms with van der Waals surface area (Å²) in [5, 5.41) is 85.8. The van der Waals surface area contributed by atoms with Gasteiger partial charge in [-0.25, -0.2) is 0 Å². The number of carboxylic acid groups (broad SMARTS) is 5. The van der Waals surface area contributed by atoms with Crippen molar-refractivity contribution in [3.05, 3.63) is 53.3 Å². The molecule has 4 amide bonds. The van der Waals surface area contributed by atoms with Gasteiger partial charge in [-0.05, 0) is 73.8 Å². The second kappa shape index (κ2) is 36.4. The highest BCUT2D eigenvalue weighted by molar-refractivity contribution is 5.92. The molecule has 0 spiro atoms. The van der Waals surface area contributed by atoms with Gasteiger partial charge in [0.25, 0.3) is 5.91 Å². The number of carbonyl (C=O) groups is 9. The number of nitrogens with zero attached hydrogens (tertiary/aromatic N) is 8. The zero-order chi connectivity index (χ0) is 64.3. The molecule has 1 aromatic heterocycles. The Hall–Kier alpha value is -7.87. The maximum atomic E-state index is 13.2. The number of amides is 4. The number of phenolic OH excluding ortho intramolecular Hbond substituents is 2. The van der Waals surface area contributed by atoms with Crippen molar-refractivity contribution in [3.63, 3.8) is 0 Å². The van der Waals surface area contributed by atoms with Gasteiger partial charge >= 0.3 is 29.8 Å². The number of aliphatic carboxylic acids is 5. The number of hydrogen-bond donors (Lipinski definition) is 10. The largest absolute Gasteiger partial charge is 0.508 e. The lowest BCUT2D eigenvalue weighted by Gasteiger charge is -2.35. The minimum absolute atomic E-state index is 0.00422. The summed E-state index contributed by atoms with van der Waals surface area (Å²) >= 11 is 0. The number of ether oxygens (including phenoxy) is 3. The summed E-state index contributed by atoms with van der Waals surface area (Å²) in [5.41, 5.74) is 2.62. The van der Waals surface area contributed by atoms with Crippen LogP contribution in [0, 0.1) is 5.92 Å². The van der Waals surface area contributed by atoms with E-state index in [1.54, 1.807) is 22.5 Å². The number of nitrogens with one attached hydrogen (secondary N) is 3. The average Bonchev–Trinajstić information content (AvgIpc) is 2.02. The van der Waals surface area contributed by atoms with Gasteiger partial charge in [0.05, 0.1) is 77.7 Å². The van der Waals surface area contributed by atoms with E-state index in [2.05, 4.69) is 26.1 Å². The molecule has 88 heavy (non-hydrogen) atoms. The van der Waals surface area contributed by atoms with Crippen molar-refractivity contribution >= 4 is 53.5 Å². The molecule has 0 aliphatic carbocycles. The topological polar surface area (TPSA) is 406 Å². The maximum Gasteiger partial charge on any atom is 0.320 e. The van der Waals surface area contributed by atoms with E-state index < -0.39 is 85.6 Å². The summed E-state index contributed by atoms with van der Waals surface area (Å²) in [6.07, 6.45) is 1.09. The summed E-state index contributed by atoms with van der Waals surface area (Å²) in [6.45, 7) is 7.50. The highest BCUT2D eigenvalue weighted by Gasteiger charge is 2.31. The van der Waals surface area contributed by atoms with Gasteiger partial charge in [0.1, 0.15) is 23.6 Å². The van der Waals surface area contributed by atoms with Crippen LogP contribution >= 0.6 is 0 Å². The molecule has 5 rings (SSSR count). The molecule has 2 aliphatic rings. The standard InChI is InChI=1S/C58H85N11O19/c1-4-59-57(83)55-63-62-54(43-32-42(38(2)3)46(70)34-47(43)71)69(55)41-7-5-39(6-8-41)31-40-11-15-68(16-12-40)49(73)13-25-86-27-29-88-30-28-87-26-14-60-56(82)44(33-50(74)75)61-48(72)10-9-45(58(84)85)67-23-21-65(36-52(78)79)19-17-64(35-51(76)77)18-20-66(22-24-67)37-53(80)81/h5-8,32,34,38,40,44-45,70-71H,4,9-31,33,35-37H2,1-3H3,(H,59,83)(H,60,82)(H,61,72)(H,74,75)(H,76,77)(H,78,79)(H,80,81)(H,84,85). The first-order valence-corrected chi connectivity index (χ1v) is 29.5. The van der Waals surface area contributed by atoms with E-state index in [0.717, 1.165) is 24.8 Å². The van der Waals surface area contributed by atoms with E-state index in [0.29, 0.717) is 42.4 Å². The molecule has 2 atom stereocenters. The number of rotatable bonds is 34. The van der Waals surface area contributed by atoms with Gasteiger partial charge in [-0.15, -0.1) is 10.2 Å². The van der Waals surface area contributed by atoms with Crippen molar-refractivity contribution in [2.75, 3.05) is 138 Å². The van der Waals surface area contributed by atoms with Crippen molar-refractivity contribution in [2.24, 2.45) is 5.92 Å². The summed E-state index contributed by atoms with van der Waals surface area (Å²) in [4.78, 5) is 120. The summed E-state index contributed by atoms with van der Waals surface area (Å²) in [5.74, 6) is -7.91. The lowest BCUT2D eigenvalue weighted by atomic mass is 9.90. The quantitative estimate of drug-likeness (QED) is 0.0358. The lowest BCUT2D eigenvalue weighted by Crippen LogP contribution is -2.52. The van der Waals surface area contributed by atoms with Gasteiger partial charge in [-0.2, -0.15) is 0 Å². The smallest absolute Gasteiger partial charge is 0.320 e. The van der Waals surface area contributed by atoms with E-state index in [1.165, 1.54) is 20.8 Å². The van der Waals surface area contributed by atoms with Crippen LogP contribution in [0.4, 0.5) is 0 Å². The molecule has 2 unspecified atom stereocenters. The third kappa shape index (κ3) is 23.7. The van der Waals surface area contributed by atoms with Crippen molar-refractivity contribution in [3.8, 4) is 28.6 Å². The minimum Gasteiger partial charge on any atom is -0.508 e. The number of aromatic hydroxyl groups is 2. The van der Waals surface area contributed by atoms with Gasteiger partial charge in [-0.1, -0.05) is 26.0 Å². The van der Waals surface area contributed by atoms with Gasteiger partial charge < -0.3 is 70.8 Å². The Morgan fingerprint density at radius 3 is 1.70 bits per heavy atom. The number of likely N-dealkylation sites (tertiary alicyclic amines) is 1. The number of piperidine rings is 1. The SMILES string of the molecule is CCNC(=O)c1nnc(-c2cc(C(C)C)c(O)cc2O)n1-c1ccc(CC2CCN(C(=O)CCOCCOCCOCCNC(=O)C(CC(=O)O)NC(=O)CCC(C(=O)O)N3CCN(CC(=O)O)CCN(CC(=O)O)CCN(CC(=O)O)CC3)CC2)cc1. The molecule has 2 saturated heterocycles. The Bertz CT molecular complexity index is 2780. The summed E-state index contributed by atoms with van der Waals surface area (Å²) < 4.78 is 18.3. The number of carbonyl (C=O) groups excluding carboxylic acids is 4. The van der Waals surface area contributed by atoms with Crippen LogP contribution in [0.3, 0.4) is 0 Å². The van der Waals surface area contributed by atoms with E-state index in [4.69, 9.17) is 14.2 Å². The molecule has 0 saturated carbocycles. The number of phenols is 2. The van der Waals surface area contributed by atoms with Crippen LogP contribution in [-0.2, 0) is 59.0 Å². The van der Waals surface area contributed by atoms with Crippen LogP contribution in [0.1, 0.15) is 87.0 Å². The van der Waals surface area contributed by atoms with E-state index >= 15 is 0 Å². The van der Waals surface area contributed by atoms with Crippen LogP contribution < -0.4 is 16.0 Å². The van der Waals surface area contributed by atoms with Crippen LogP contribution in [0.15, 0.2) is 36.4 Å². The molecule has 3 aromatic rings. The van der Waals surface area contributed by atoms with Crippen LogP contribution in [-0.4, -0.2) is 278 Å². The molecule has 2 aromatic carbocycles. The van der Waals surface area contributed by atoms with Gasteiger partial charge in [0, 0.05) is 96.7 Å². The second-order valence-corrected chi connectivity index (χ2v) is 21.9. The first-order valence-electron chi connectivity index (χ1n) is 29.5. The predicted octanol–water partition coefficient (Wildman–Crippen LogP) is 0.224. The summed E-state index contributed by atoms with van der Waals surface area (Å²) in [7, 11) is 0. The molecule has 2 fully saturated rings. The number of aromatic nitrogens is 3. The molecule has 10 N–H and O–H groups in total. The van der Waals surface area contributed by atoms with Crippen LogP contribution in [0.5, 0.6) is 11.5 Å². The third-order valence-corrected chi connectivity index (χ3v) is 15.0. The maximum absolute atomic E-state index is 13.2. The Labute approximate surface area is 509 Å². The first-order chi connectivity index (χ1) is 42.0. The van der Waals surface area contributed by atoms with Gasteiger partial charge in [-0.3, -0.25) is 67.3 Å². The number of carboxylic acids is 5. The second-order valence-electron chi connectivity index (χ2n) is 21.9. The molecular weight excluding hydrogens is 1150 g/mol. The fraction of sp³-hybridized carbons (Fsp3) is 0.603. The highest BCUT2D eigenvalue weighted by Crippen LogP contribution is 2.38. The fourth-order valence-electron chi connectivity index (χ4n) is 10.3. The highest BCUT2D eigenvalue weighted by atomic mass is 16.5. The molecule has 0 radical (unpaired) electrons. The monoisotopic (exact) mass is 1240 g/mol. The molecule has 30 heteroatoms. The Balaban J connectivity index is 0.968. The predicted molar refractivity (Wildman–Crippen MR) is 314 cm³/mol. The Kier molecular flexibility index (Phi) is 29.4. The van der Waals surface area contributed by atoms with E-state index in [-0.39, 0.29) is 153 Å². The van der Waals surface area contributed by atoms with Crippen molar-refractivity contribution in [1.29, 1.82) is 0 Å². The molecule has 2 aliphatic heterocycles. The summed E-state index contributed by atoms with van der Waals surface area (Å²) in [6, 6.07) is 7.79. The third-order valence-electron chi connectivity index (χ3n) is 15.0. The van der Waals surface area contributed by atoms with E-state index in [9.17, 15) is 78.9 Å². The Morgan fingerprint density at radius 1 is 0.636 bits per heavy atom. The molecule has 486 valence electrons. The molecule has 30 nitrogen and oxygen atoms in total. The molecule has 3 heterocycles. The van der Waals surface area contributed by atoms with Crippen LogP contribution in [0.25, 0.3) is 17.1 Å². The lowest BCUT2D eigenvalue weighted by molar-refractivity contribution is -0.145. The van der Waals surface area contributed by atoms with Crippen LogP contribution in [0.2, 0.25) is 0 Å². The fourth-order valence-corrected chi connectivity index (χ4v) is 10.3. The van der Waals surface area contributed by atoms with E-state index in [1.807, 2.05) is 43.0 Å². The zero-order valence-corrected chi connectivity index (χ0v) is 50.2. The number of hydrogen-bond acceptors (Lipinski definition) is 20. The van der Waals surface area contributed by atoms with Gasteiger partial charge in [0.2, 0.25) is 23.5 Å². The van der Waals surface area contributed by atoms with Crippen molar-refractivity contribution in [2.45, 2.75) is 83.7 Å². The minimum atomic E-state index is -1.52. The molecular formula is C58H85N11O19. The zero-order valence-electron chi connectivity index (χ0n) is 50.2.